The van der Waals surface area contributed by atoms with Crippen LogP contribution in [0.4, 0.5) is 0 Å². The van der Waals surface area contributed by atoms with E-state index in [1.807, 2.05) is 12.3 Å². The van der Waals surface area contributed by atoms with E-state index >= 15 is 0 Å². The second-order valence-corrected chi connectivity index (χ2v) is 3.08. The van der Waals surface area contributed by atoms with Crippen LogP contribution < -0.4 is 0 Å². The summed E-state index contributed by atoms with van der Waals surface area (Å²) in [6.45, 7) is 2.66. The van der Waals surface area contributed by atoms with Gasteiger partial charge in [0.2, 0.25) is 0 Å². The molecule has 0 N–H and O–H groups in total. The van der Waals surface area contributed by atoms with Crippen LogP contribution in [-0.2, 0) is 9.53 Å². The summed E-state index contributed by atoms with van der Waals surface area (Å²) in [5.41, 5.74) is 1.28. The van der Waals surface area contributed by atoms with Crippen molar-refractivity contribution >= 4 is 6.47 Å². The summed E-state index contributed by atoms with van der Waals surface area (Å²) in [4.78, 5) is 13.4. The Labute approximate surface area is 84.1 Å². The zero-order chi connectivity index (χ0) is 10.2. The van der Waals surface area contributed by atoms with Gasteiger partial charge in [0.1, 0.15) is 0 Å². The minimum Gasteiger partial charge on any atom is -0.468 e. The zero-order valence-corrected chi connectivity index (χ0v) is 8.35. The number of rotatable bonds is 3. The molecule has 1 saturated carbocycles. The van der Waals surface area contributed by atoms with Gasteiger partial charge < -0.3 is 4.74 Å². The van der Waals surface area contributed by atoms with Crippen molar-refractivity contribution in [3.8, 4) is 0 Å². The second kappa shape index (κ2) is 6.13. The van der Waals surface area contributed by atoms with Crippen LogP contribution in [0.15, 0.2) is 24.4 Å². The van der Waals surface area contributed by atoms with Crippen molar-refractivity contribution in [2.24, 2.45) is 0 Å². The number of ether oxygens (including phenoxy) is 1. The lowest BCUT2D eigenvalue weighted by Crippen LogP contribution is -1.81. The number of carbonyl (C=O) groups excluding carboxylic acids is 1. The van der Waals surface area contributed by atoms with E-state index in [0.717, 1.165) is 5.92 Å². The molecular weight excluding hydrogens is 178 g/mol. The van der Waals surface area contributed by atoms with Crippen LogP contribution in [0.25, 0.3) is 0 Å². The molecule has 2 rings (SSSR count). The molecule has 1 aliphatic rings. The van der Waals surface area contributed by atoms with Crippen LogP contribution in [0, 0.1) is 0 Å². The molecule has 0 unspecified atom stereocenters. The first-order valence-corrected chi connectivity index (χ1v) is 4.84. The van der Waals surface area contributed by atoms with Gasteiger partial charge in [0.15, 0.2) is 0 Å². The molecule has 3 heteroatoms. The van der Waals surface area contributed by atoms with Gasteiger partial charge >= 0.3 is 0 Å². The maximum absolute atomic E-state index is 9.18. The van der Waals surface area contributed by atoms with Crippen LogP contribution in [-0.4, -0.2) is 18.1 Å². The molecule has 0 bridgehead atoms. The number of carbonyl (C=O) groups is 1. The summed E-state index contributed by atoms with van der Waals surface area (Å²) >= 11 is 0. The third-order valence-corrected chi connectivity index (χ3v) is 1.92. The Bertz CT molecular complexity index is 257. The van der Waals surface area contributed by atoms with Crippen molar-refractivity contribution in [1.82, 2.24) is 4.98 Å². The maximum Gasteiger partial charge on any atom is 0.293 e. The van der Waals surface area contributed by atoms with Gasteiger partial charge in [-0.25, -0.2) is 0 Å². The minimum absolute atomic E-state index is 0.431. The van der Waals surface area contributed by atoms with E-state index in [1.165, 1.54) is 18.5 Å². The molecular formula is C11H15NO2. The van der Waals surface area contributed by atoms with Gasteiger partial charge in [-0.1, -0.05) is 6.07 Å². The molecule has 0 aliphatic heterocycles. The third-order valence-electron chi connectivity index (χ3n) is 1.92. The normalized spacial score (nSPS) is 13.8. The summed E-state index contributed by atoms with van der Waals surface area (Å²) in [6.07, 6.45) is 4.56. The molecule has 1 fully saturated rings. The topological polar surface area (TPSA) is 39.2 Å². The predicted molar refractivity (Wildman–Crippen MR) is 53.9 cm³/mol. The van der Waals surface area contributed by atoms with Crippen LogP contribution in [0.1, 0.15) is 31.4 Å². The lowest BCUT2D eigenvalue weighted by atomic mass is 10.3. The van der Waals surface area contributed by atoms with Crippen molar-refractivity contribution in [2.75, 3.05) is 6.61 Å². The van der Waals surface area contributed by atoms with Crippen LogP contribution in [0.3, 0.4) is 0 Å². The fraction of sp³-hybridized carbons (Fsp3) is 0.455. The smallest absolute Gasteiger partial charge is 0.293 e. The molecule has 0 atom stereocenters. The van der Waals surface area contributed by atoms with E-state index in [9.17, 15) is 4.79 Å². The Morgan fingerprint density at radius 2 is 2.36 bits per heavy atom. The highest BCUT2D eigenvalue weighted by atomic mass is 16.5. The quantitative estimate of drug-likeness (QED) is 0.690. The molecule has 1 aliphatic carbocycles. The number of pyridine rings is 1. The predicted octanol–water partition coefficient (Wildman–Crippen LogP) is 2.14. The average Bonchev–Trinajstić information content (AvgIpc) is 3.05. The Balaban J connectivity index is 0.000000171. The van der Waals surface area contributed by atoms with E-state index in [4.69, 9.17) is 0 Å². The number of aromatic nitrogens is 1. The maximum atomic E-state index is 9.18. The summed E-state index contributed by atoms with van der Waals surface area (Å²) < 4.78 is 4.15. The zero-order valence-electron chi connectivity index (χ0n) is 8.35. The Kier molecular flexibility index (Phi) is 4.69. The van der Waals surface area contributed by atoms with Crippen molar-refractivity contribution in [3.63, 3.8) is 0 Å². The summed E-state index contributed by atoms with van der Waals surface area (Å²) in [7, 11) is 0. The molecule has 0 radical (unpaired) electrons. The molecule has 76 valence electrons. The first-order chi connectivity index (χ1) is 6.88. The van der Waals surface area contributed by atoms with Gasteiger partial charge in [-0.3, -0.25) is 9.78 Å². The van der Waals surface area contributed by atoms with E-state index in [0.29, 0.717) is 13.1 Å². The fourth-order valence-electron chi connectivity index (χ4n) is 1.06. The van der Waals surface area contributed by atoms with Crippen molar-refractivity contribution in [2.45, 2.75) is 25.7 Å². The Morgan fingerprint density at radius 1 is 1.57 bits per heavy atom. The molecule has 14 heavy (non-hydrogen) atoms. The molecule has 0 spiro atoms. The second-order valence-electron chi connectivity index (χ2n) is 3.08. The number of hydrogen-bond acceptors (Lipinski definition) is 3. The van der Waals surface area contributed by atoms with E-state index in [1.54, 1.807) is 6.92 Å². The third kappa shape index (κ3) is 4.03. The largest absolute Gasteiger partial charge is 0.468 e. The molecule has 0 amide bonds. The first-order valence-electron chi connectivity index (χ1n) is 4.84. The van der Waals surface area contributed by atoms with E-state index < -0.39 is 0 Å². The lowest BCUT2D eigenvalue weighted by Gasteiger charge is -1.91. The molecule has 1 aromatic rings. The van der Waals surface area contributed by atoms with Gasteiger partial charge in [0.05, 0.1) is 6.61 Å². The van der Waals surface area contributed by atoms with Gasteiger partial charge in [0, 0.05) is 17.8 Å². The monoisotopic (exact) mass is 193 g/mol. The SMILES string of the molecule is CCOC=O.c1ccc(C2CC2)nc1. The van der Waals surface area contributed by atoms with Crippen molar-refractivity contribution in [1.29, 1.82) is 0 Å². The van der Waals surface area contributed by atoms with Gasteiger partial charge in [-0.05, 0) is 31.9 Å². The Hall–Kier alpha value is -1.38. The highest BCUT2D eigenvalue weighted by molar-refractivity contribution is 5.36. The van der Waals surface area contributed by atoms with Crippen LogP contribution in [0.5, 0.6) is 0 Å². The van der Waals surface area contributed by atoms with Gasteiger partial charge in [-0.15, -0.1) is 0 Å². The van der Waals surface area contributed by atoms with Crippen LogP contribution in [0.2, 0.25) is 0 Å². The lowest BCUT2D eigenvalue weighted by molar-refractivity contribution is -0.128. The number of hydrogen-bond donors (Lipinski definition) is 0. The van der Waals surface area contributed by atoms with Crippen molar-refractivity contribution < 1.29 is 9.53 Å². The molecule has 3 nitrogen and oxygen atoms in total. The fourth-order valence-corrected chi connectivity index (χ4v) is 1.06. The van der Waals surface area contributed by atoms with E-state index in [-0.39, 0.29) is 0 Å². The minimum atomic E-state index is 0.431. The van der Waals surface area contributed by atoms with Gasteiger partial charge in [-0.2, -0.15) is 0 Å². The van der Waals surface area contributed by atoms with E-state index in [2.05, 4.69) is 21.9 Å². The van der Waals surface area contributed by atoms with Crippen LogP contribution >= 0.6 is 0 Å². The Morgan fingerprint density at radius 3 is 2.71 bits per heavy atom. The van der Waals surface area contributed by atoms with Crippen molar-refractivity contribution in [3.05, 3.63) is 30.1 Å². The average molecular weight is 193 g/mol. The summed E-state index contributed by atoms with van der Waals surface area (Å²) in [5, 5.41) is 0. The molecule has 0 aromatic carbocycles. The highest BCUT2D eigenvalue weighted by Gasteiger charge is 2.23. The summed E-state index contributed by atoms with van der Waals surface area (Å²) in [6, 6.07) is 6.13. The first kappa shape index (κ1) is 10.7. The molecule has 1 heterocycles. The standard InChI is InChI=1S/C8H9N.C3H6O2/c1-2-6-9-8(3-1)7-4-5-7;1-2-5-3-4/h1-3,6-7H,4-5H2;3H,2H2,1H3. The molecule has 1 aromatic heterocycles. The van der Waals surface area contributed by atoms with Gasteiger partial charge in [0.25, 0.3) is 6.47 Å². The highest BCUT2D eigenvalue weighted by Crippen LogP contribution is 2.38. The summed E-state index contributed by atoms with van der Waals surface area (Å²) in [5.74, 6) is 0.797. The molecule has 0 saturated heterocycles. The number of nitrogens with zero attached hydrogens (tertiary/aromatic N) is 1.